The Labute approximate surface area is 93.6 Å². The Balaban J connectivity index is 2.60. The van der Waals surface area contributed by atoms with Crippen LogP contribution in [0.1, 0.15) is 34.1 Å². The second-order valence-electron chi connectivity index (χ2n) is 5.96. The Hall–Kier alpha value is -0.120. The Morgan fingerprint density at radius 3 is 2.33 bits per heavy atom. The van der Waals surface area contributed by atoms with Gasteiger partial charge in [-0.3, -0.25) is 4.90 Å². The number of aliphatic hydroxyl groups is 1. The van der Waals surface area contributed by atoms with Crippen LogP contribution < -0.4 is 5.73 Å². The molecule has 0 spiro atoms. The monoisotopic (exact) mass is 214 g/mol. The number of aliphatic hydroxyl groups excluding tert-OH is 1. The van der Waals surface area contributed by atoms with Crippen molar-refractivity contribution >= 4 is 0 Å². The number of hydrogen-bond donors (Lipinski definition) is 2. The second-order valence-corrected chi connectivity index (χ2v) is 5.96. The molecule has 2 atom stereocenters. The smallest absolute Gasteiger partial charge is 0.0602 e. The van der Waals surface area contributed by atoms with Crippen LogP contribution in [0.4, 0.5) is 0 Å². The predicted molar refractivity (Wildman–Crippen MR) is 63.7 cm³/mol. The molecule has 0 bridgehead atoms. The van der Waals surface area contributed by atoms with Crippen LogP contribution in [0, 0.1) is 11.3 Å². The Morgan fingerprint density at radius 1 is 1.40 bits per heavy atom. The molecule has 1 aliphatic rings. The average molecular weight is 214 g/mol. The molecule has 1 rings (SSSR count). The Kier molecular flexibility index (Phi) is 4.15. The van der Waals surface area contributed by atoms with E-state index in [9.17, 15) is 5.11 Å². The molecular weight excluding hydrogens is 188 g/mol. The summed E-state index contributed by atoms with van der Waals surface area (Å²) < 4.78 is 0. The van der Waals surface area contributed by atoms with Crippen molar-refractivity contribution < 1.29 is 5.11 Å². The lowest BCUT2D eigenvalue weighted by atomic mass is 9.92. The van der Waals surface area contributed by atoms with E-state index in [0.29, 0.717) is 11.3 Å². The average Bonchev–Trinajstić information content (AvgIpc) is 2.47. The number of nitrogens with two attached hydrogens (primary N) is 1. The molecule has 2 unspecified atom stereocenters. The zero-order chi connectivity index (χ0) is 11.6. The summed E-state index contributed by atoms with van der Waals surface area (Å²) in [5, 5.41) is 9.45. The Morgan fingerprint density at radius 2 is 2.00 bits per heavy atom. The molecule has 15 heavy (non-hydrogen) atoms. The molecule has 0 aliphatic carbocycles. The molecule has 3 N–H and O–H groups in total. The minimum absolute atomic E-state index is 0.0731. The molecule has 0 amide bonds. The van der Waals surface area contributed by atoms with Gasteiger partial charge in [-0.2, -0.15) is 0 Å². The molecule has 1 fully saturated rings. The highest BCUT2D eigenvalue weighted by Gasteiger charge is 2.35. The van der Waals surface area contributed by atoms with E-state index >= 15 is 0 Å². The van der Waals surface area contributed by atoms with Crippen molar-refractivity contribution in [3.8, 4) is 0 Å². The molecule has 0 saturated carbocycles. The number of rotatable bonds is 4. The fraction of sp³-hybridized carbons (Fsp3) is 1.00. The number of hydrogen-bond acceptors (Lipinski definition) is 3. The molecule has 0 aromatic rings. The predicted octanol–water partition coefficient (Wildman–Crippen LogP) is 1.06. The molecule has 1 saturated heterocycles. The molecule has 0 aromatic carbocycles. The molecule has 3 heteroatoms. The molecule has 1 heterocycles. The summed E-state index contributed by atoms with van der Waals surface area (Å²) in [4.78, 5) is 2.35. The van der Waals surface area contributed by atoms with Crippen molar-refractivity contribution in [1.29, 1.82) is 0 Å². The number of nitrogens with zero attached hydrogens (tertiary/aromatic N) is 1. The molecular formula is C12H26N2O. The van der Waals surface area contributed by atoms with Gasteiger partial charge in [0.25, 0.3) is 0 Å². The highest BCUT2D eigenvalue weighted by Crippen LogP contribution is 2.31. The second kappa shape index (κ2) is 4.81. The van der Waals surface area contributed by atoms with Gasteiger partial charge < -0.3 is 10.8 Å². The van der Waals surface area contributed by atoms with Crippen LogP contribution in [0.3, 0.4) is 0 Å². The van der Waals surface area contributed by atoms with Crippen LogP contribution in [0.15, 0.2) is 0 Å². The van der Waals surface area contributed by atoms with Crippen molar-refractivity contribution in [1.82, 2.24) is 4.90 Å². The van der Waals surface area contributed by atoms with Crippen LogP contribution in [-0.2, 0) is 0 Å². The molecule has 0 radical (unpaired) electrons. The quantitative estimate of drug-likeness (QED) is 0.736. The van der Waals surface area contributed by atoms with Gasteiger partial charge in [0.05, 0.1) is 6.61 Å². The van der Waals surface area contributed by atoms with Gasteiger partial charge >= 0.3 is 0 Å². The molecule has 1 aliphatic heterocycles. The summed E-state index contributed by atoms with van der Waals surface area (Å²) in [6, 6.07) is 0.204. The van der Waals surface area contributed by atoms with Gasteiger partial charge in [0, 0.05) is 18.6 Å². The van der Waals surface area contributed by atoms with Gasteiger partial charge in [0.15, 0.2) is 0 Å². The van der Waals surface area contributed by atoms with Gasteiger partial charge in [-0.05, 0) is 24.3 Å². The van der Waals surface area contributed by atoms with Crippen LogP contribution in [-0.4, -0.2) is 41.8 Å². The third-order valence-corrected chi connectivity index (χ3v) is 3.58. The van der Waals surface area contributed by atoms with E-state index in [0.717, 1.165) is 13.1 Å². The van der Waals surface area contributed by atoms with Gasteiger partial charge in [-0.15, -0.1) is 0 Å². The van der Waals surface area contributed by atoms with Gasteiger partial charge in [-0.1, -0.05) is 27.7 Å². The van der Waals surface area contributed by atoms with E-state index in [4.69, 9.17) is 5.73 Å². The first-order chi connectivity index (χ1) is 6.87. The van der Waals surface area contributed by atoms with Crippen molar-refractivity contribution in [3.63, 3.8) is 0 Å². The van der Waals surface area contributed by atoms with Crippen molar-refractivity contribution in [2.24, 2.45) is 17.1 Å². The Bertz CT molecular complexity index is 204. The van der Waals surface area contributed by atoms with Gasteiger partial charge in [-0.25, -0.2) is 0 Å². The summed E-state index contributed by atoms with van der Waals surface area (Å²) >= 11 is 0. The normalized spacial score (nSPS) is 25.8. The standard InChI is InChI=1S/C12H26N2O/c1-9(2)11(13)10(7-15)14-6-5-12(3,4)8-14/h9-11,15H,5-8,13H2,1-4H3. The van der Waals surface area contributed by atoms with E-state index in [-0.39, 0.29) is 18.7 Å². The van der Waals surface area contributed by atoms with Crippen LogP contribution >= 0.6 is 0 Å². The van der Waals surface area contributed by atoms with Gasteiger partial charge in [0.1, 0.15) is 0 Å². The molecule has 90 valence electrons. The third kappa shape index (κ3) is 3.16. The zero-order valence-electron chi connectivity index (χ0n) is 10.5. The topological polar surface area (TPSA) is 49.5 Å². The molecule has 0 aromatic heterocycles. The van der Waals surface area contributed by atoms with Crippen molar-refractivity contribution in [2.45, 2.75) is 46.2 Å². The zero-order valence-corrected chi connectivity index (χ0v) is 10.5. The number of likely N-dealkylation sites (tertiary alicyclic amines) is 1. The van der Waals surface area contributed by atoms with Gasteiger partial charge in [0.2, 0.25) is 0 Å². The maximum atomic E-state index is 9.45. The van der Waals surface area contributed by atoms with Crippen molar-refractivity contribution in [2.75, 3.05) is 19.7 Å². The maximum absolute atomic E-state index is 9.45. The summed E-state index contributed by atoms with van der Waals surface area (Å²) in [5.74, 6) is 0.422. The lowest BCUT2D eigenvalue weighted by molar-refractivity contribution is 0.103. The first-order valence-electron chi connectivity index (χ1n) is 5.98. The van der Waals surface area contributed by atoms with E-state index in [1.54, 1.807) is 0 Å². The van der Waals surface area contributed by atoms with E-state index in [2.05, 4.69) is 32.6 Å². The van der Waals surface area contributed by atoms with E-state index in [1.165, 1.54) is 6.42 Å². The van der Waals surface area contributed by atoms with E-state index < -0.39 is 0 Å². The molecule has 3 nitrogen and oxygen atoms in total. The minimum Gasteiger partial charge on any atom is -0.395 e. The summed E-state index contributed by atoms with van der Waals surface area (Å²) in [6.07, 6.45) is 1.20. The van der Waals surface area contributed by atoms with Crippen LogP contribution in [0.25, 0.3) is 0 Å². The highest BCUT2D eigenvalue weighted by atomic mass is 16.3. The fourth-order valence-corrected chi connectivity index (χ4v) is 2.36. The summed E-state index contributed by atoms with van der Waals surface area (Å²) in [7, 11) is 0. The van der Waals surface area contributed by atoms with Crippen molar-refractivity contribution in [3.05, 3.63) is 0 Å². The minimum atomic E-state index is 0.0731. The summed E-state index contributed by atoms with van der Waals surface area (Å²) in [6.45, 7) is 11.1. The summed E-state index contributed by atoms with van der Waals surface area (Å²) in [5.41, 5.74) is 6.52. The third-order valence-electron chi connectivity index (χ3n) is 3.58. The lowest BCUT2D eigenvalue weighted by Gasteiger charge is -2.34. The SMILES string of the molecule is CC(C)C(N)C(CO)N1CCC(C)(C)C1. The maximum Gasteiger partial charge on any atom is 0.0602 e. The van der Waals surface area contributed by atoms with E-state index in [1.807, 2.05) is 0 Å². The van der Waals surface area contributed by atoms with Crippen LogP contribution in [0.5, 0.6) is 0 Å². The fourth-order valence-electron chi connectivity index (χ4n) is 2.36. The first kappa shape index (κ1) is 12.9. The largest absolute Gasteiger partial charge is 0.395 e. The first-order valence-corrected chi connectivity index (χ1v) is 5.98. The lowest BCUT2D eigenvalue weighted by Crippen LogP contribution is -2.51. The highest BCUT2D eigenvalue weighted by molar-refractivity contribution is 4.91. The van der Waals surface area contributed by atoms with Crippen LogP contribution in [0.2, 0.25) is 0 Å².